The molecule has 12 heteroatoms. The van der Waals surface area contributed by atoms with Gasteiger partial charge in [0.05, 0.1) is 30.5 Å². The number of anilines is 1. The van der Waals surface area contributed by atoms with E-state index >= 15 is 0 Å². The van der Waals surface area contributed by atoms with Crippen molar-refractivity contribution in [1.82, 2.24) is 14.2 Å². The van der Waals surface area contributed by atoms with Crippen molar-refractivity contribution < 1.29 is 22.7 Å². The Morgan fingerprint density at radius 1 is 1.22 bits per heavy atom. The molecular formula is C25H32N4O5S3. The SMILES string of the molecule is COc1ccc2nc(N(CCCN3CCOCC3)C(=O)C3CCCCN3S(=O)(=O)c3cccs3)sc2c1. The normalized spacial score (nSPS) is 19.8. The van der Waals surface area contributed by atoms with Crippen molar-refractivity contribution in [3.8, 4) is 5.75 Å². The highest BCUT2D eigenvalue weighted by molar-refractivity contribution is 7.91. The zero-order valence-corrected chi connectivity index (χ0v) is 23.3. The second kappa shape index (κ2) is 11.7. The van der Waals surface area contributed by atoms with Crippen LogP contribution in [0.5, 0.6) is 5.75 Å². The zero-order chi connectivity index (χ0) is 25.8. The molecule has 1 amide bonds. The number of aromatic nitrogens is 1. The monoisotopic (exact) mass is 564 g/mol. The maximum atomic E-state index is 14.1. The molecule has 0 saturated carbocycles. The van der Waals surface area contributed by atoms with E-state index in [0.717, 1.165) is 68.1 Å². The summed E-state index contributed by atoms with van der Waals surface area (Å²) in [7, 11) is -2.13. The first-order chi connectivity index (χ1) is 18.0. The number of fused-ring (bicyclic) bond motifs is 1. The average Bonchev–Trinajstić information content (AvgIpc) is 3.62. The summed E-state index contributed by atoms with van der Waals surface area (Å²) in [6.07, 6.45) is 2.81. The van der Waals surface area contributed by atoms with Crippen LogP contribution in [0.25, 0.3) is 10.2 Å². The summed E-state index contributed by atoms with van der Waals surface area (Å²) in [5.41, 5.74) is 0.790. The molecule has 0 spiro atoms. The maximum absolute atomic E-state index is 14.1. The number of carbonyl (C=O) groups excluding carboxylic acids is 1. The van der Waals surface area contributed by atoms with Gasteiger partial charge in [-0.05, 0) is 48.9 Å². The van der Waals surface area contributed by atoms with E-state index in [1.54, 1.807) is 29.5 Å². The Balaban J connectivity index is 1.43. The Kier molecular flexibility index (Phi) is 8.42. The van der Waals surface area contributed by atoms with Gasteiger partial charge in [-0.15, -0.1) is 11.3 Å². The fourth-order valence-electron chi connectivity index (χ4n) is 4.86. The highest BCUT2D eigenvalue weighted by Crippen LogP contribution is 2.34. The fraction of sp³-hybridized carbons (Fsp3) is 0.520. The maximum Gasteiger partial charge on any atom is 0.253 e. The summed E-state index contributed by atoms with van der Waals surface area (Å²) in [6, 6.07) is 8.25. The van der Waals surface area contributed by atoms with Crippen molar-refractivity contribution in [2.24, 2.45) is 0 Å². The zero-order valence-electron chi connectivity index (χ0n) is 20.9. The Bertz CT molecular complexity index is 1310. The molecule has 2 fully saturated rings. The van der Waals surface area contributed by atoms with E-state index in [1.807, 2.05) is 18.2 Å². The number of sulfonamides is 1. The van der Waals surface area contributed by atoms with Crippen molar-refractivity contribution in [3.63, 3.8) is 0 Å². The summed E-state index contributed by atoms with van der Waals surface area (Å²) in [4.78, 5) is 23.0. The van der Waals surface area contributed by atoms with Crippen LogP contribution in [0, 0.1) is 0 Å². The van der Waals surface area contributed by atoms with E-state index in [0.29, 0.717) is 24.6 Å². The van der Waals surface area contributed by atoms with Gasteiger partial charge in [-0.25, -0.2) is 13.4 Å². The van der Waals surface area contributed by atoms with Crippen LogP contribution >= 0.6 is 22.7 Å². The number of hydrogen-bond acceptors (Lipinski definition) is 9. The van der Waals surface area contributed by atoms with Gasteiger partial charge in [0.25, 0.3) is 10.0 Å². The van der Waals surface area contributed by atoms with E-state index in [9.17, 15) is 13.2 Å². The molecule has 1 unspecified atom stereocenters. The van der Waals surface area contributed by atoms with Gasteiger partial charge in [0.2, 0.25) is 5.91 Å². The van der Waals surface area contributed by atoms with E-state index in [4.69, 9.17) is 14.5 Å². The molecule has 9 nitrogen and oxygen atoms in total. The lowest BCUT2D eigenvalue weighted by atomic mass is 10.0. The highest BCUT2D eigenvalue weighted by Gasteiger charge is 2.40. The molecule has 1 aromatic carbocycles. The molecule has 4 heterocycles. The van der Waals surface area contributed by atoms with Gasteiger partial charge >= 0.3 is 0 Å². The molecule has 37 heavy (non-hydrogen) atoms. The fourth-order valence-corrected chi connectivity index (χ4v) is 8.65. The number of ether oxygens (including phenoxy) is 2. The molecule has 0 radical (unpaired) electrons. The molecule has 3 aromatic rings. The smallest absolute Gasteiger partial charge is 0.253 e. The Hall–Kier alpha value is -2.09. The summed E-state index contributed by atoms with van der Waals surface area (Å²) in [5, 5.41) is 2.34. The lowest BCUT2D eigenvalue weighted by molar-refractivity contribution is -0.123. The van der Waals surface area contributed by atoms with E-state index in [-0.39, 0.29) is 10.1 Å². The van der Waals surface area contributed by atoms with Crippen LogP contribution in [0.3, 0.4) is 0 Å². The number of morpholine rings is 1. The highest BCUT2D eigenvalue weighted by atomic mass is 32.2. The molecular weight excluding hydrogens is 532 g/mol. The standard InChI is InChI=1S/C25H32N4O5S3/c1-33-19-8-9-20-22(18-19)36-25(26-20)28(11-5-10-27-13-15-34-16-14-27)24(30)21-6-2-3-12-29(21)37(31,32)23-7-4-17-35-23/h4,7-9,17-18,21H,2-3,5-6,10-16H2,1H3. The number of hydrogen-bond donors (Lipinski definition) is 0. The number of amides is 1. The summed E-state index contributed by atoms with van der Waals surface area (Å²) < 4.78 is 40.4. The second-order valence-corrected chi connectivity index (χ2v) is 13.3. The van der Waals surface area contributed by atoms with Crippen LogP contribution in [0.2, 0.25) is 0 Å². The predicted octanol–water partition coefficient (Wildman–Crippen LogP) is 3.67. The predicted molar refractivity (Wildman–Crippen MR) is 146 cm³/mol. The van der Waals surface area contributed by atoms with Crippen molar-refractivity contribution in [1.29, 1.82) is 0 Å². The van der Waals surface area contributed by atoms with Gasteiger partial charge in [0.15, 0.2) is 5.13 Å². The third kappa shape index (κ3) is 5.84. The van der Waals surface area contributed by atoms with Crippen LogP contribution in [0.4, 0.5) is 5.13 Å². The van der Waals surface area contributed by atoms with Crippen molar-refractivity contribution in [2.75, 3.05) is 57.9 Å². The summed E-state index contributed by atoms with van der Waals surface area (Å²) in [6.45, 7) is 4.86. The van der Waals surface area contributed by atoms with Crippen LogP contribution in [0.1, 0.15) is 25.7 Å². The first-order valence-electron chi connectivity index (χ1n) is 12.6. The average molecular weight is 565 g/mol. The van der Waals surface area contributed by atoms with Gasteiger partial charge in [-0.2, -0.15) is 4.31 Å². The molecule has 2 aliphatic heterocycles. The molecule has 0 bridgehead atoms. The van der Waals surface area contributed by atoms with Crippen molar-refractivity contribution >= 4 is 54.0 Å². The molecule has 2 saturated heterocycles. The minimum Gasteiger partial charge on any atom is -0.497 e. The van der Waals surface area contributed by atoms with Crippen LogP contribution in [-0.2, 0) is 19.6 Å². The topological polar surface area (TPSA) is 92.3 Å². The molecule has 200 valence electrons. The number of methoxy groups -OCH3 is 1. The first-order valence-corrected chi connectivity index (χ1v) is 15.7. The third-order valence-electron chi connectivity index (χ3n) is 6.84. The van der Waals surface area contributed by atoms with Crippen LogP contribution in [0.15, 0.2) is 39.9 Å². The molecule has 0 aliphatic carbocycles. The number of rotatable bonds is 9. The molecule has 2 aliphatic rings. The van der Waals surface area contributed by atoms with Gasteiger partial charge < -0.3 is 9.47 Å². The minimum absolute atomic E-state index is 0.201. The molecule has 0 N–H and O–H groups in total. The second-order valence-electron chi connectivity index (χ2n) is 9.19. The Labute approximate surface area is 225 Å². The lowest BCUT2D eigenvalue weighted by Crippen LogP contribution is -2.53. The van der Waals surface area contributed by atoms with Crippen LogP contribution < -0.4 is 9.64 Å². The number of piperidine rings is 1. The van der Waals surface area contributed by atoms with E-state index in [2.05, 4.69) is 4.90 Å². The molecule has 2 aromatic heterocycles. The quantitative estimate of drug-likeness (QED) is 0.392. The van der Waals surface area contributed by atoms with Gasteiger partial charge in [0, 0.05) is 32.7 Å². The third-order valence-corrected chi connectivity index (χ3v) is 11.2. The van der Waals surface area contributed by atoms with Crippen LogP contribution in [-0.4, -0.2) is 87.6 Å². The van der Waals surface area contributed by atoms with Crippen molar-refractivity contribution in [2.45, 2.75) is 35.9 Å². The largest absolute Gasteiger partial charge is 0.497 e. The van der Waals surface area contributed by atoms with Crippen molar-refractivity contribution in [3.05, 3.63) is 35.7 Å². The number of benzene rings is 1. The molecule has 1 atom stereocenters. The number of carbonyl (C=O) groups is 1. The number of thiophene rings is 1. The Morgan fingerprint density at radius 2 is 2.05 bits per heavy atom. The van der Waals surface area contributed by atoms with E-state index < -0.39 is 16.1 Å². The minimum atomic E-state index is -3.75. The van der Waals surface area contributed by atoms with Gasteiger partial charge in [0.1, 0.15) is 16.0 Å². The Morgan fingerprint density at radius 3 is 2.81 bits per heavy atom. The van der Waals surface area contributed by atoms with E-state index in [1.165, 1.54) is 27.0 Å². The lowest BCUT2D eigenvalue weighted by Gasteiger charge is -2.36. The summed E-state index contributed by atoms with van der Waals surface area (Å²) in [5.74, 6) is 0.529. The van der Waals surface area contributed by atoms with Gasteiger partial charge in [-0.1, -0.05) is 23.8 Å². The summed E-state index contributed by atoms with van der Waals surface area (Å²) >= 11 is 2.62. The number of thiazole rings is 1. The number of nitrogens with zero attached hydrogens (tertiary/aromatic N) is 4. The first kappa shape index (κ1) is 26.5. The van der Waals surface area contributed by atoms with Gasteiger partial charge in [-0.3, -0.25) is 14.6 Å². The molecule has 5 rings (SSSR count).